The monoisotopic (exact) mass is 1160 g/mol. The summed E-state index contributed by atoms with van der Waals surface area (Å²) >= 11 is 0. The van der Waals surface area contributed by atoms with Gasteiger partial charge in [-0.05, 0) is 70.6 Å². The molecule has 1 atom stereocenters. The summed E-state index contributed by atoms with van der Waals surface area (Å²) in [6.45, 7) is 6.59. The van der Waals surface area contributed by atoms with E-state index in [0.717, 1.165) is 103 Å². The van der Waals surface area contributed by atoms with E-state index in [-0.39, 0.29) is 31.1 Å². The van der Waals surface area contributed by atoms with Crippen molar-refractivity contribution in [3.63, 3.8) is 0 Å². The van der Waals surface area contributed by atoms with Crippen LogP contribution in [0, 0.1) is 0 Å². The number of allylic oxidation sites excluding steroid dienone is 12. The van der Waals surface area contributed by atoms with E-state index >= 15 is 0 Å². The van der Waals surface area contributed by atoms with E-state index < -0.39 is 6.10 Å². The molecule has 0 heterocycles. The number of hydrogen-bond donors (Lipinski definition) is 0. The number of ether oxygens (including phenoxy) is 3. The molecule has 6 nitrogen and oxygen atoms in total. The first-order valence-electron chi connectivity index (χ1n) is 36.4. The van der Waals surface area contributed by atoms with Crippen molar-refractivity contribution in [1.82, 2.24) is 0 Å². The highest BCUT2D eigenvalue weighted by molar-refractivity contribution is 5.71. The van der Waals surface area contributed by atoms with Gasteiger partial charge in [-0.1, -0.05) is 363 Å². The van der Waals surface area contributed by atoms with Crippen LogP contribution in [0.3, 0.4) is 0 Å². The molecule has 0 aliphatic rings. The molecular formula is C77H138O6. The fourth-order valence-corrected chi connectivity index (χ4v) is 10.8. The average molecular weight is 1160 g/mol. The zero-order valence-electron chi connectivity index (χ0n) is 55.5. The Morgan fingerprint density at radius 2 is 0.470 bits per heavy atom. The van der Waals surface area contributed by atoms with E-state index in [2.05, 4.69) is 93.7 Å². The Balaban J connectivity index is 4.29. The van der Waals surface area contributed by atoms with E-state index in [1.165, 1.54) is 238 Å². The van der Waals surface area contributed by atoms with E-state index in [1.807, 2.05) is 0 Å². The number of unbranched alkanes of at least 4 members (excludes halogenated alkanes) is 44. The van der Waals surface area contributed by atoms with Gasteiger partial charge in [0.1, 0.15) is 13.2 Å². The maximum Gasteiger partial charge on any atom is 0.306 e. The topological polar surface area (TPSA) is 78.9 Å². The van der Waals surface area contributed by atoms with Gasteiger partial charge in [-0.25, -0.2) is 0 Å². The molecule has 6 heteroatoms. The van der Waals surface area contributed by atoms with Crippen LogP contribution in [0.2, 0.25) is 0 Å². The molecule has 0 aliphatic carbocycles. The molecule has 0 aromatic heterocycles. The summed E-state index contributed by atoms with van der Waals surface area (Å²) in [6, 6.07) is 0. The van der Waals surface area contributed by atoms with Gasteiger partial charge in [-0.3, -0.25) is 14.4 Å². The lowest BCUT2D eigenvalue weighted by Crippen LogP contribution is -2.30. The lowest BCUT2D eigenvalue weighted by Gasteiger charge is -2.18. The molecule has 83 heavy (non-hydrogen) atoms. The molecule has 0 aromatic carbocycles. The quantitative estimate of drug-likeness (QED) is 0.0261. The van der Waals surface area contributed by atoms with Crippen LogP contribution in [0.1, 0.15) is 380 Å². The van der Waals surface area contributed by atoms with Crippen molar-refractivity contribution in [3.8, 4) is 0 Å². The number of esters is 3. The maximum absolute atomic E-state index is 13.0. The van der Waals surface area contributed by atoms with Gasteiger partial charge in [-0.2, -0.15) is 0 Å². The predicted molar refractivity (Wildman–Crippen MR) is 362 cm³/mol. The van der Waals surface area contributed by atoms with Crippen LogP contribution in [-0.4, -0.2) is 37.2 Å². The van der Waals surface area contributed by atoms with Gasteiger partial charge in [0.25, 0.3) is 0 Å². The molecule has 0 radical (unpaired) electrons. The van der Waals surface area contributed by atoms with E-state index in [1.54, 1.807) is 0 Å². The van der Waals surface area contributed by atoms with Crippen molar-refractivity contribution in [2.75, 3.05) is 13.2 Å². The molecule has 0 spiro atoms. The molecular weight excluding hydrogens is 1020 g/mol. The number of rotatable bonds is 67. The smallest absolute Gasteiger partial charge is 0.306 e. The fraction of sp³-hybridized carbons (Fsp3) is 0.805. The summed E-state index contributed by atoms with van der Waals surface area (Å²) in [6.07, 6.45) is 93.6. The van der Waals surface area contributed by atoms with Crippen molar-refractivity contribution in [1.29, 1.82) is 0 Å². The standard InChI is InChI=1S/C77H138O6/c1-4-7-10-13-16-19-22-25-28-30-32-34-36-38-39-40-42-43-45-47-49-52-55-58-61-64-67-70-76(79)82-73-74(72-81-75(78)69-66-63-60-57-54-51-27-24-21-18-15-12-9-6-3)83-77(80)71-68-65-62-59-56-53-50-48-46-44-41-37-35-33-31-29-26-23-20-17-14-11-8-5-2/h7,10,16,19,25,28,32,34,38-39,42-43,74H,4-6,8-9,11-15,17-18,20-24,26-27,29-31,33,35-37,40-41,44-73H2,1-3H3/b10-7-,19-16-,28-25-,34-32-,39-38-,43-42-. The van der Waals surface area contributed by atoms with Crippen LogP contribution < -0.4 is 0 Å². The Morgan fingerprint density at radius 1 is 0.253 bits per heavy atom. The van der Waals surface area contributed by atoms with E-state index in [4.69, 9.17) is 14.2 Å². The van der Waals surface area contributed by atoms with Gasteiger partial charge < -0.3 is 14.2 Å². The fourth-order valence-electron chi connectivity index (χ4n) is 10.8. The zero-order chi connectivity index (χ0) is 59.9. The van der Waals surface area contributed by atoms with Gasteiger partial charge >= 0.3 is 17.9 Å². The third-order valence-corrected chi connectivity index (χ3v) is 16.2. The Hall–Kier alpha value is -3.15. The summed E-state index contributed by atoms with van der Waals surface area (Å²) in [7, 11) is 0. The highest BCUT2D eigenvalue weighted by atomic mass is 16.6. The third-order valence-electron chi connectivity index (χ3n) is 16.2. The minimum Gasteiger partial charge on any atom is -0.462 e. The second-order valence-corrected chi connectivity index (χ2v) is 24.5. The zero-order valence-corrected chi connectivity index (χ0v) is 55.5. The molecule has 0 amide bonds. The van der Waals surface area contributed by atoms with Crippen molar-refractivity contribution in [2.45, 2.75) is 386 Å². The molecule has 0 saturated heterocycles. The highest BCUT2D eigenvalue weighted by Gasteiger charge is 2.19. The lowest BCUT2D eigenvalue weighted by molar-refractivity contribution is -0.167. The summed E-state index contributed by atoms with van der Waals surface area (Å²) < 4.78 is 17.0. The van der Waals surface area contributed by atoms with Crippen molar-refractivity contribution in [3.05, 3.63) is 72.9 Å². The van der Waals surface area contributed by atoms with Gasteiger partial charge in [0, 0.05) is 19.3 Å². The Labute approximate surface area is 516 Å². The Morgan fingerprint density at radius 3 is 0.735 bits per heavy atom. The van der Waals surface area contributed by atoms with Gasteiger partial charge in [0.15, 0.2) is 6.10 Å². The van der Waals surface area contributed by atoms with Crippen LogP contribution in [0.4, 0.5) is 0 Å². The lowest BCUT2D eigenvalue weighted by atomic mass is 10.0. The molecule has 0 bridgehead atoms. The van der Waals surface area contributed by atoms with Crippen molar-refractivity contribution in [2.24, 2.45) is 0 Å². The first-order chi connectivity index (χ1) is 41.0. The van der Waals surface area contributed by atoms with Crippen molar-refractivity contribution < 1.29 is 28.6 Å². The summed E-state index contributed by atoms with van der Waals surface area (Å²) in [5.74, 6) is -0.855. The molecule has 0 saturated carbocycles. The minimum atomic E-state index is -0.777. The second-order valence-electron chi connectivity index (χ2n) is 24.5. The number of carbonyl (C=O) groups is 3. The number of carbonyl (C=O) groups excluding carboxylic acids is 3. The molecule has 0 fully saturated rings. The average Bonchev–Trinajstić information content (AvgIpc) is 3.50. The normalized spacial score (nSPS) is 12.5. The van der Waals surface area contributed by atoms with Crippen LogP contribution in [0.5, 0.6) is 0 Å². The summed E-state index contributed by atoms with van der Waals surface area (Å²) in [5.41, 5.74) is 0. The maximum atomic E-state index is 13.0. The van der Waals surface area contributed by atoms with Crippen LogP contribution in [0.25, 0.3) is 0 Å². The molecule has 0 aromatic rings. The van der Waals surface area contributed by atoms with Crippen LogP contribution in [-0.2, 0) is 28.6 Å². The highest BCUT2D eigenvalue weighted by Crippen LogP contribution is 2.18. The van der Waals surface area contributed by atoms with Gasteiger partial charge in [-0.15, -0.1) is 0 Å². The summed E-state index contributed by atoms with van der Waals surface area (Å²) in [5, 5.41) is 0. The first-order valence-corrected chi connectivity index (χ1v) is 36.4. The minimum absolute atomic E-state index is 0.0721. The molecule has 0 aliphatic heterocycles. The first kappa shape index (κ1) is 79.8. The van der Waals surface area contributed by atoms with Gasteiger partial charge in [0.2, 0.25) is 0 Å². The molecule has 1 unspecified atom stereocenters. The summed E-state index contributed by atoms with van der Waals surface area (Å²) in [4.78, 5) is 38.5. The number of hydrogen-bond acceptors (Lipinski definition) is 6. The largest absolute Gasteiger partial charge is 0.462 e. The predicted octanol–water partition coefficient (Wildman–Crippen LogP) is 25.2. The van der Waals surface area contributed by atoms with E-state index in [9.17, 15) is 14.4 Å². The molecule has 482 valence electrons. The molecule has 0 N–H and O–H groups in total. The van der Waals surface area contributed by atoms with Crippen LogP contribution in [0.15, 0.2) is 72.9 Å². The Kier molecular flexibility index (Phi) is 68.6. The second kappa shape index (κ2) is 71.3. The van der Waals surface area contributed by atoms with Crippen LogP contribution >= 0.6 is 0 Å². The third kappa shape index (κ3) is 69.5. The van der Waals surface area contributed by atoms with Gasteiger partial charge in [0.05, 0.1) is 0 Å². The Bertz CT molecular complexity index is 1520. The molecule has 0 rings (SSSR count). The SMILES string of the molecule is CC/C=C\C/C=C\C/C=C\C/C=C\C/C=C\C/C=C\CCCCCCCCCCC(=O)OCC(COC(=O)CCCCCCCCCCCCCCCC)OC(=O)CCCCCCCCCCCCCCCCCCCCCCCCCC. The van der Waals surface area contributed by atoms with E-state index in [0.29, 0.717) is 19.3 Å². The van der Waals surface area contributed by atoms with Crippen molar-refractivity contribution >= 4 is 17.9 Å².